The molecule has 3 saturated carbocycles. The molecule has 0 aromatic heterocycles. The number of rotatable bonds is 3. The van der Waals surface area contributed by atoms with E-state index < -0.39 is 0 Å². The van der Waals surface area contributed by atoms with E-state index in [2.05, 4.69) is 13.8 Å². The second-order valence-electron chi connectivity index (χ2n) is 8.85. The van der Waals surface area contributed by atoms with Gasteiger partial charge in [0.05, 0.1) is 0 Å². The molecule has 3 aliphatic carbocycles. The lowest BCUT2D eigenvalue weighted by molar-refractivity contribution is -0.122. The molecule has 0 heteroatoms. The number of hydrogen-bond acceptors (Lipinski definition) is 0. The molecule has 2 unspecified atom stereocenters. The third-order valence-electron chi connectivity index (χ3n) is 8.03. The molecular weight excluding hydrogens is 252 g/mol. The molecule has 3 fully saturated rings. The Morgan fingerprint density at radius 3 is 1.95 bits per heavy atom. The van der Waals surface area contributed by atoms with E-state index in [4.69, 9.17) is 0 Å². The Hall–Kier alpha value is 0. The fourth-order valence-corrected chi connectivity index (χ4v) is 7.08. The molecule has 0 aliphatic heterocycles. The first kappa shape index (κ1) is 15.9. The first-order valence-electron chi connectivity index (χ1n) is 10.2. The van der Waals surface area contributed by atoms with Crippen LogP contribution in [0.4, 0.5) is 0 Å². The lowest BCUT2D eigenvalue weighted by Gasteiger charge is -2.62. The summed E-state index contributed by atoms with van der Waals surface area (Å²) >= 11 is 0. The van der Waals surface area contributed by atoms with E-state index in [1.807, 2.05) is 0 Å². The third kappa shape index (κ3) is 2.70. The van der Waals surface area contributed by atoms with Gasteiger partial charge in [0, 0.05) is 0 Å². The zero-order valence-electron chi connectivity index (χ0n) is 14.8. The van der Waals surface area contributed by atoms with Crippen molar-refractivity contribution in [3.05, 3.63) is 0 Å². The van der Waals surface area contributed by atoms with Gasteiger partial charge in [-0.05, 0) is 61.2 Å². The normalized spacial score (nSPS) is 38.3. The standard InChI is InChI=1S/C21H38/c1-3-18-12-8-11-17-21(18,19-13-6-4-7-14-19)20(2)15-9-5-10-16-20/h18-19H,3-17H2,1-2H3. The van der Waals surface area contributed by atoms with Crippen molar-refractivity contribution in [3.63, 3.8) is 0 Å². The SMILES string of the molecule is CCC1CCCCC1(C1CCCCC1)C1(C)CCCCC1. The zero-order valence-corrected chi connectivity index (χ0v) is 14.8. The van der Waals surface area contributed by atoms with Crippen LogP contribution in [-0.2, 0) is 0 Å². The summed E-state index contributed by atoms with van der Waals surface area (Å²) in [5.74, 6) is 2.11. The molecule has 3 aliphatic rings. The van der Waals surface area contributed by atoms with E-state index >= 15 is 0 Å². The highest BCUT2D eigenvalue weighted by molar-refractivity contribution is 5.05. The first-order valence-corrected chi connectivity index (χ1v) is 10.2. The highest BCUT2D eigenvalue weighted by Gasteiger charge is 2.56. The minimum absolute atomic E-state index is 0.675. The van der Waals surface area contributed by atoms with Crippen molar-refractivity contribution >= 4 is 0 Å². The molecule has 0 nitrogen and oxygen atoms in total. The monoisotopic (exact) mass is 290 g/mol. The molecule has 0 spiro atoms. The summed E-state index contributed by atoms with van der Waals surface area (Å²) in [7, 11) is 0. The Kier molecular flexibility index (Phi) is 5.01. The van der Waals surface area contributed by atoms with E-state index in [9.17, 15) is 0 Å². The summed E-state index contributed by atoms with van der Waals surface area (Å²) in [5, 5.41) is 0. The van der Waals surface area contributed by atoms with Crippen molar-refractivity contribution in [2.24, 2.45) is 22.7 Å². The van der Waals surface area contributed by atoms with Gasteiger partial charge in [0.2, 0.25) is 0 Å². The molecule has 0 amide bonds. The van der Waals surface area contributed by atoms with Crippen LogP contribution in [0.1, 0.15) is 110 Å². The molecule has 2 atom stereocenters. The minimum Gasteiger partial charge on any atom is -0.0651 e. The van der Waals surface area contributed by atoms with E-state index in [0.29, 0.717) is 5.41 Å². The Morgan fingerprint density at radius 2 is 1.29 bits per heavy atom. The molecule has 0 N–H and O–H groups in total. The van der Waals surface area contributed by atoms with Crippen molar-refractivity contribution < 1.29 is 0 Å². The van der Waals surface area contributed by atoms with Gasteiger partial charge in [0.15, 0.2) is 0 Å². The van der Waals surface area contributed by atoms with Gasteiger partial charge in [-0.15, -0.1) is 0 Å². The summed E-state index contributed by atoms with van der Waals surface area (Å²) in [4.78, 5) is 0. The topological polar surface area (TPSA) is 0 Å². The maximum atomic E-state index is 2.73. The fraction of sp³-hybridized carbons (Fsp3) is 1.00. The predicted octanol–water partition coefficient (Wildman–Crippen LogP) is 7.12. The van der Waals surface area contributed by atoms with Gasteiger partial charge < -0.3 is 0 Å². The molecule has 0 saturated heterocycles. The van der Waals surface area contributed by atoms with Crippen LogP contribution in [0.2, 0.25) is 0 Å². The Balaban J connectivity index is 1.95. The Labute approximate surface area is 133 Å². The maximum Gasteiger partial charge on any atom is -0.0187 e. The fourth-order valence-electron chi connectivity index (χ4n) is 7.08. The van der Waals surface area contributed by atoms with Crippen LogP contribution < -0.4 is 0 Å². The lowest BCUT2D eigenvalue weighted by atomic mass is 9.43. The molecule has 0 bridgehead atoms. The van der Waals surface area contributed by atoms with Crippen LogP contribution in [0.25, 0.3) is 0 Å². The summed E-state index contributed by atoms with van der Waals surface area (Å²) < 4.78 is 0. The van der Waals surface area contributed by atoms with Crippen molar-refractivity contribution in [1.82, 2.24) is 0 Å². The molecule has 0 aromatic rings. The third-order valence-corrected chi connectivity index (χ3v) is 8.03. The molecule has 0 aromatic carbocycles. The van der Waals surface area contributed by atoms with Crippen LogP contribution >= 0.6 is 0 Å². The van der Waals surface area contributed by atoms with Crippen molar-refractivity contribution in [2.75, 3.05) is 0 Å². The van der Waals surface area contributed by atoms with Crippen LogP contribution in [-0.4, -0.2) is 0 Å². The summed E-state index contributed by atoms with van der Waals surface area (Å²) in [6, 6.07) is 0. The van der Waals surface area contributed by atoms with E-state index in [1.165, 1.54) is 57.8 Å². The Bertz CT molecular complexity index is 319. The zero-order chi connectivity index (χ0) is 14.8. The molecule has 122 valence electrons. The smallest absolute Gasteiger partial charge is 0.0187 e. The predicted molar refractivity (Wildman–Crippen MR) is 92.4 cm³/mol. The van der Waals surface area contributed by atoms with E-state index in [1.54, 1.807) is 38.5 Å². The summed E-state index contributed by atoms with van der Waals surface area (Å²) in [5.41, 5.74) is 1.40. The van der Waals surface area contributed by atoms with E-state index in [-0.39, 0.29) is 0 Å². The average Bonchev–Trinajstić information content (AvgIpc) is 2.56. The van der Waals surface area contributed by atoms with Gasteiger partial charge in [-0.2, -0.15) is 0 Å². The largest absolute Gasteiger partial charge is 0.0651 e. The quantitative estimate of drug-likeness (QED) is 0.519. The summed E-state index contributed by atoms with van der Waals surface area (Å²) in [6.45, 7) is 5.23. The molecule has 3 rings (SSSR count). The van der Waals surface area contributed by atoms with Crippen LogP contribution in [0, 0.1) is 22.7 Å². The van der Waals surface area contributed by atoms with Crippen molar-refractivity contribution in [3.8, 4) is 0 Å². The van der Waals surface area contributed by atoms with Crippen LogP contribution in [0.5, 0.6) is 0 Å². The highest BCUT2D eigenvalue weighted by atomic mass is 14.6. The van der Waals surface area contributed by atoms with Gasteiger partial charge in [-0.25, -0.2) is 0 Å². The van der Waals surface area contributed by atoms with Gasteiger partial charge in [0.25, 0.3) is 0 Å². The van der Waals surface area contributed by atoms with Crippen molar-refractivity contribution in [2.45, 2.75) is 110 Å². The van der Waals surface area contributed by atoms with Gasteiger partial charge in [-0.1, -0.05) is 71.6 Å². The Morgan fingerprint density at radius 1 is 0.714 bits per heavy atom. The average molecular weight is 291 g/mol. The lowest BCUT2D eigenvalue weighted by Crippen LogP contribution is -2.53. The molecule has 21 heavy (non-hydrogen) atoms. The summed E-state index contributed by atoms with van der Waals surface area (Å²) in [6.07, 6.45) is 22.9. The number of hydrogen-bond donors (Lipinski definition) is 0. The second kappa shape index (κ2) is 6.63. The van der Waals surface area contributed by atoms with Crippen LogP contribution in [0.3, 0.4) is 0 Å². The van der Waals surface area contributed by atoms with Gasteiger partial charge in [0.1, 0.15) is 0 Å². The van der Waals surface area contributed by atoms with Gasteiger partial charge in [-0.3, -0.25) is 0 Å². The van der Waals surface area contributed by atoms with Gasteiger partial charge >= 0.3 is 0 Å². The molecular formula is C21H38. The second-order valence-corrected chi connectivity index (χ2v) is 8.85. The maximum absolute atomic E-state index is 2.73. The van der Waals surface area contributed by atoms with E-state index in [0.717, 1.165) is 17.3 Å². The minimum atomic E-state index is 0.675. The van der Waals surface area contributed by atoms with Crippen molar-refractivity contribution in [1.29, 1.82) is 0 Å². The first-order chi connectivity index (χ1) is 10.2. The molecule has 0 heterocycles. The molecule has 0 radical (unpaired) electrons. The highest BCUT2D eigenvalue weighted by Crippen LogP contribution is 2.65. The van der Waals surface area contributed by atoms with Crippen LogP contribution in [0.15, 0.2) is 0 Å².